The maximum atomic E-state index is 12.3. The van der Waals surface area contributed by atoms with Crippen molar-refractivity contribution in [2.75, 3.05) is 26.0 Å². The predicted molar refractivity (Wildman–Crippen MR) is 111 cm³/mol. The first-order chi connectivity index (χ1) is 13.5. The number of rotatable bonds is 5. The number of nitrogens with one attached hydrogen (secondary N) is 2. The maximum absolute atomic E-state index is 12.3. The number of anilines is 1. The third-order valence-corrected chi connectivity index (χ3v) is 5.43. The molecular weight excluding hydrogens is 372 g/mol. The Morgan fingerprint density at radius 3 is 2.57 bits per heavy atom. The Labute approximate surface area is 167 Å². The molecule has 0 aliphatic rings. The molecule has 2 N–H and O–H groups in total. The van der Waals surface area contributed by atoms with E-state index in [-0.39, 0.29) is 6.04 Å². The molecule has 1 unspecified atom stereocenters. The lowest BCUT2D eigenvalue weighted by atomic mass is 10.0. The average molecular weight is 392 g/mol. The zero-order valence-corrected chi connectivity index (χ0v) is 16.4. The molecule has 0 aliphatic heterocycles. The molecule has 0 aliphatic carbocycles. The van der Waals surface area contributed by atoms with Gasteiger partial charge in [-0.25, -0.2) is 0 Å². The van der Waals surface area contributed by atoms with Gasteiger partial charge in [0.25, 0.3) is 0 Å². The number of fused-ring (bicyclic) bond motifs is 1. The van der Waals surface area contributed by atoms with Crippen molar-refractivity contribution in [1.29, 1.82) is 5.26 Å². The molecule has 7 heteroatoms. The summed E-state index contributed by atoms with van der Waals surface area (Å²) in [4.78, 5) is 26.5. The predicted octanol–water partition coefficient (Wildman–Crippen LogP) is 3.13. The van der Waals surface area contributed by atoms with Crippen LogP contribution in [0.4, 0.5) is 5.69 Å². The standard InChI is InChI=1S/C21H20N4O2S/c1-25(2)18(16-13-28-19-10-6-4-8-15(16)19)12-23-20(26)21(27)24-17-9-5-3-7-14(17)11-22/h3-10,13,18H,12H2,1-2H3,(H,23,26)(H,24,27). The number of thiophene rings is 1. The van der Waals surface area contributed by atoms with Gasteiger partial charge in [-0.15, -0.1) is 11.3 Å². The van der Waals surface area contributed by atoms with Crippen LogP contribution in [0.5, 0.6) is 0 Å². The molecule has 28 heavy (non-hydrogen) atoms. The summed E-state index contributed by atoms with van der Waals surface area (Å²) < 4.78 is 1.18. The van der Waals surface area contributed by atoms with Crippen molar-refractivity contribution in [3.05, 3.63) is 65.0 Å². The van der Waals surface area contributed by atoms with Crippen LogP contribution >= 0.6 is 11.3 Å². The number of likely N-dealkylation sites (N-methyl/N-ethyl adjacent to an activating group) is 1. The number of carbonyl (C=O) groups is 2. The molecule has 2 aromatic carbocycles. The number of nitrogens with zero attached hydrogens (tertiary/aromatic N) is 2. The first-order valence-electron chi connectivity index (χ1n) is 8.72. The van der Waals surface area contributed by atoms with Crippen LogP contribution in [0.15, 0.2) is 53.9 Å². The third-order valence-electron chi connectivity index (χ3n) is 4.45. The molecule has 0 saturated carbocycles. The number of benzene rings is 2. The molecule has 6 nitrogen and oxygen atoms in total. The molecule has 142 valence electrons. The zero-order chi connectivity index (χ0) is 20.1. The van der Waals surface area contributed by atoms with E-state index in [2.05, 4.69) is 28.1 Å². The lowest BCUT2D eigenvalue weighted by Crippen LogP contribution is -2.40. The molecule has 3 rings (SSSR count). The highest BCUT2D eigenvalue weighted by Gasteiger charge is 2.21. The number of hydrogen-bond acceptors (Lipinski definition) is 5. The molecule has 0 spiro atoms. The SMILES string of the molecule is CN(C)C(CNC(=O)C(=O)Nc1ccccc1C#N)c1csc2ccccc12. The fourth-order valence-electron chi connectivity index (χ4n) is 2.97. The molecule has 3 aromatic rings. The van der Waals surface area contributed by atoms with Gasteiger partial charge in [0.2, 0.25) is 0 Å². The Morgan fingerprint density at radius 1 is 1.11 bits per heavy atom. The highest BCUT2D eigenvalue weighted by Crippen LogP contribution is 2.31. The quantitative estimate of drug-likeness (QED) is 0.653. The molecule has 2 amide bonds. The molecule has 0 radical (unpaired) electrons. The van der Waals surface area contributed by atoms with Gasteiger partial charge < -0.3 is 15.5 Å². The highest BCUT2D eigenvalue weighted by atomic mass is 32.1. The molecular formula is C21H20N4O2S. The van der Waals surface area contributed by atoms with Crippen molar-refractivity contribution in [2.45, 2.75) is 6.04 Å². The second-order valence-electron chi connectivity index (χ2n) is 6.49. The summed E-state index contributed by atoms with van der Waals surface area (Å²) in [6, 6.07) is 16.6. The van der Waals surface area contributed by atoms with Crippen molar-refractivity contribution in [1.82, 2.24) is 10.2 Å². The number of amides is 2. The largest absolute Gasteiger partial charge is 0.346 e. The van der Waals surface area contributed by atoms with E-state index in [9.17, 15) is 9.59 Å². The number of para-hydroxylation sites is 1. The summed E-state index contributed by atoms with van der Waals surface area (Å²) >= 11 is 1.66. The van der Waals surface area contributed by atoms with Crippen LogP contribution in [0, 0.1) is 11.3 Å². The zero-order valence-electron chi connectivity index (χ0n) is 15.6. The van der Waals surface area contributed by atoms with Gasteiger partial charge in [-0.05, 0) is 48.6 Å². The Kier molecular flexibility index (Phi) is 6.04. The molecule has 1 atom stereocenters. The van der Waals surface area contributed by atoms with Gasteiger partial charge in [-0.1, -0.05) is 30.3 Å². The van der Waals surface area contributed by atoms with Gasteiger partial charge in [-0.3, -0.25) is 9.59 Å². The average Bonchev–Trinajstić information content (AvgIpc) is 3.12. The minimum absolute atomic E-state index is 0.0701. The monoisotopic (exact) mass is 392 g/mol. The Morgan fingerprint density at radius 2 is 1.82 bits per heavy atom. The lowest BCUT2D eigenvalue weighted by Gasteiger charge is -2.24. The minimum atomic E-state index is -0.796. The van der Waals surface area contributed by atoms with E-state index in [4.69, 9.17) is 5.26 Å². The second kappa shape index (κ2) is 8.65. The summed E-state index contributed by atoms with van der Waals surface area (Å²) in [6.45, 7) is 0.292. The summed E-state index contributed by atoms with van der Waals surface area (Å²) in [6.07, 6.45) is 0. The number of carbonyl (C=O) groups excluding carboxylic acids is 2. The summed E-state index contributed by atoms with van der Waals surface area (Å²) in [5.74, 6) is -1.53. The van der Waals surface area contributed by atoms with Crippen molar-refractivity contribution < 1.29 is 9.59 Å². The van der Waals surface area contributed by atoms with Crippen LogP contribution in [-0.2, 0) is 9.59 Å². The van der Waals surface area contributed by atoms with Gasteiger partial charge in [-0.2, -0.15) is 5.26 Å². The van der Waals surface area contributed by atoms with Gasteiger partial charge in [0.05, 0.1) is 17.3 Å². The normalized spacial score (nSPS) is 11.8. The highest BCUT2D eigenvalue weighted by molar-refractivity contribution is 7.17. The van der Waals surface area contributed by atoms with Crippen LogP contribution in [-0.4, -0.2) is 37.4 Å². The van der Waals surface area contributed by atoms with Crippen molar-refractivity contribution in [2.24, 2.45) is 0 Å². The fourth-order valence-corrected chi connectivity index (χ4v) is 3.97. The Balaban J connectivity index is 1.69. The van der Waals surface area contributed by atoms with Gasteiger partial charge in [0.15, 0.2) is 0 Å². The number of hydrogen-bond donors (Lipinski definition) is 2. The van der Waals surface area contributed by atoms with E-state index in [1.54, 1.807) is 35.6 Å². The van der Waals surface area contributed by atoms with Crippen molar-refractivity contribution in [3.63, 3.8) is 0 Å². The maximum Gasteiger partial charge on any atom is 0.313 e. The summed E-state index contributed by atoms with van der Waals surface area (Å²) in [5, 5.41) is 17.5. The molecule has 0 bridgehead atoms. The van der Waals surface area contributed by atoms with E-state index in [1.165, 1.54) is 4.70 Å². The fraction of sp³-hybridized carbons (Fsp3) is 0.190. The van der Waals surface area contributed by atoms with Gasteiger partial charge >= 0.3 is 11.8 Å². The molecule has 1 heterocycles. The van der Waals surface area contributed by atoms with Crippen LogP contribution in [0.25, 0.3) is 10.1 Å². The lowest BCUT2D eigenvalue weighted by molar-refractivity contribution is -0.136. The van der Waals surface area contributed by atoms with E-state index in [0.717, 1.165) is 10.9 Å². The van der Waals surface area contributed by atoms with Crippen LogP contribution in [0.1, 0.15) is 17.2 Å². The van der Waals surface area contributed by atoms with E-state index in [0.29, 0.717) is 17.8 Å². The van der Waals surface area contributed by atoms with E-state index < -0.39 is 11.8 Å². The van der Waals surface area contributed by atoms with Crippen LogP contribution in [0.2, 0.25) is 0 Å². The molecule has 0 fully saturated rings. The smallest absolute Gasteiger partial charge is 0.313 e. The minimum Gasteiger partial charge on any atom is -0.346 e. The van der Waals surface area contributed by atoms with Crippen molar-refractivity contribution in [3.8, 4) is 6.07 Å². The van der Waals surface area contributed by atoms with E-state index >= 15 is 0 Å². The van der Waals surface area contributed by atoms with Crippen LogP contribution < -0.4 is 10.6 Å². The van der Waals surface area contributed by atoms with E-state index in [1.807, 2.05) is 37.2 Å². The molecule has 1 aromatic heterocycles. The Hall–Kier alpha value is -3.21. The van der Waals surface area contributed by atoms with Crippen LogP contribution in [0.3, 0.4) is 0 Å². The molecule has 0 saturated heterocycles. The third kappa shape index (κ3) is 4.19. The van der Waals surface area contributed by atoms with Gasteiger partial charge in [0, 0.05) is 11.2 Å². The topological polar surface area (TPSA) is 85.2 Å². The number of nitriles is 1. The summed E-state index contributed by atoms with van der Waals surface area (Å²) in [7, 11) is 3.87. The first kappa shape index (κ1) is 19.5. The first-order valence-corrected chi connectivity index (χ1v) is 9.60. The van der Waals surface area contributed by atoms with Gasteiger partial charge in [0.1, 0.15) is 6.07 Å². The Bertz CT molecular complexity index is 1050. The van der Waals surface area contributed by atoms with Crippen molar-refractivity contribution >= 4 is 38.9 Å². The second-order valence-corrected chi connectivity index (χ2v) is 7.40. The summed E-state index contributed by atoms with van der Waals surface area (Å²) in [5.41, 5.74) is 1.74.